The highest BCUT2D eigenvalue weighted by atomic mass is 16.5. The summed E-state index contributed by atoms with van der Waals surface area (Å²) in [6.45, 7) is 3.52. The molecule has 1 aliphatic rings. The minimum atomic E-state index is -0.602. The zero-order chi connectivity index (χ0) is 15.2. The fourth-order valence-corrected chi connectivity index (χ4v) is 2.69. The summed E-state index contributed by atoms with van der Waals surface area (Å²) in [5.74, 6) is 0.513. The molecule has 5 nitrogen and oxygen atoms in total. The molecule has 0 bridgehead atoms. The van der Waals surface area contributed by atoms with Crippen LogP contribution in [0, 0.1) is 11.3 Å². The molecule has 0 aliphatic carbocycles. The van der Waals surface area contributed by atoms with Gasteiger partial charge in [0.15, 0.2) is 0 Å². The van der Waals surface area contributed by atoms with E-state index >= 15 is 0 Å². The summed E-state index contributed by atoms with van der Waals surface area (Å²) in [7, 11) is 1.99. The fraction of sp³-hybridized carbons (Fsp3) is 0.562. The van der Waals surface area contributed by atoms with Crippen molar-refractivity contribution in [2.24, 2.45) is 0 Å². The van der Waals surface area contributed by atoms with Crippen molar-refractivity contribution in [3.63, 3.8) is 0 Å². The van der Waals surface area contributed by atoms with Crippen molar-refractivity contribution in [2.75, 3.05) is 26.8 Å². The molecule has 0 aromatic heterocycles. The van der Waals surface area contributed by atoms with Crippen LogP contribution in [0.2, 0.25) is 0 Å². The Hall–Kier alpha value is -1.61. The van der Waals surface area contributed by atoms with E-state index in [-0.39, 0.29) is 12.7 Å². The molecule has 1 heterocycles. The van der Waals surface area contributed by atoms with E-state index in [1.54, 1.807) is 18.2 Å². The van der Waals surface area contributed by atoms with Crippen LogP contribution in [0.4, 0.5) is 0 Å². The number of ether oxygens (including phenoxy) is 2. The van der Waals surface area contributed by atoms with Crippen LogP contribution in [0.5, 0.6) is 5.75 Å². The Kier molecular flexibility index (Phi) is 5.57. The molecule has 114 valence electrons. The highest BCUT2D eigenvalue weighted by Gasteiger charge is 2.28. The van der Waals surface area contributed by atoms with Crippen LogP contribution in [0.3, 0.4) is 0 Å². The van der Waals surface area contributed by atoms with Crippen LogP contribution >= 0.6 is 0 Å². The number of likely N-dealkylation sites (N-methyl/N-ethyl adjacent to an activating group) is 1. The van der Waals surface area contributed by atoms with Crippen LogP contribution < -0.4 is 4.74 Å². The second-order valence-electron chi connectivity index (χ2n) is 5.44. The first kappa shape index (κ1) is 15.8. The van der Waals surface area contributed by atoms with Gasteiger partial charge in [0.25, 0.3) is 0 Å². The summed E-state index contributed by atoms with van der Waals surface area (Å²) in [4.78, 5) is 2.11. The molecule has 5 heteroatoms. The van der Waals surface area contributed by atoms with Crippen LogP contribution in [-0.4, -0.2) is 55.1 Å². The first-order chi connectivity index (χ1) is 10.1. The van der Waals surface area contributed by atoms with Crippen LogP contribution in [0.1, 0.15) is 18.9 Å². The van der Waals surface area contributed by atoms with E-state index in [2.05, 4.69) is 17.9 Å². The molecule has 0 saturated carbocycles. The smallest absolute Gasteiger partial charge is 0.137 e. The van der Waals surface area contributed by atoms with Crippen LogP contribution in [0.25, 0.3) is 0 Å². The molecule has 3 atom stereocenters. The molecule has 1 aromatic rings. The predicted octanol–water partition coefficient (Wildman–Crippen LogP) is 1.41. The summed E-state index contributed by atoms with van der Waals surface area (Å²) >= 11 is 0. The minimum absolute atomic E-state index is 0.172. The number of hydrogen-bond donors (Lipinski definition) is 1. The lowest BCUT2D eigenvalue weighted by Crippen LogP contribution is -2.42. The van der Waals surface area contributed by atoms with Crippen LogP contribution in [0.15, 0.2) is 24.3 Å². The number of rotatable bonds is 6. The average molecular weight is 290 g/mol. The number of nitriles is 1. The van der Waals surface area contributed by atoms with E-state index in [1.807, 2.05) is 13.1 Å². The lowest BCUT2D eigenvalue weighted by molar-refractivity contribution is 0.0401. The minimum Gasteiger partial charge on any atom is -0.489 e. The molecule has 1 fully saturated rings. The standard InChI is InChI=1S/C16H22N2O3/c1-12-15(7-8-20-12)18(2)10-14(19)11-21-16-6-4-3-5-13(16)9-17/h3-6,12,14-15,19H,7-8,10-11H2,1-2H3. The van der Waals surface area contributed by atoms with Crippen molar-refractivity contribution >= 4 is 0 Å². The largest absolute Gasteiger partial charge is 0.489 e. The SMILES string of the molecule is CC1OCCC1N(C)CC(O)COc1ccccc1C#N. The second-order valence-corrected chi connectivity index (χ2v) is 5.44. The lowest BCUT2D eigenvalue weighted by Gasteiger charge is -2.28. The van der Waals surface area contributed by atoms with Crippen molar-refractivity contribution in [1.82, 2.24) is 4.90 Å². The monoisotopic (exact) mass is 290 g/mol. The van der Waals surface area contributed by atoms with Crippen molar-refractivity contribution in [3.05, 3.63) is 29.8 Å². The maximum atomic E-state index is 10.1. The third-order valence-electron chi connectivity index (χ3n) is 3.84. The second kappa shape index (κ2) is 7.41. The van der Waals surface area contributed by atoms with Gasteiger partial charge in [0.1, 0.15) is 24.5 Å². The first-order valence-corrected chi connectivity index (χ1v) is 7.23. The zero-order valence-corrected chi connectivity index (χ0v) is 12.5. The number of aliphatic hydroxyl groups is 1. The van der Waals surface area contributed by atoms with Gasteiger partial charge in [-0.05, 0) is 32.5 Å². The quantitative estimate of drug-likeness (QED) is 0.858. The fourth-order valence-electron chi connectivity index (χ4n) is 2.69. The summed E-state index contributed by atoms with van der Waals surface area (Å²) in [5, 5.41) is 19.1. The maximum Gasteiger partial charge on any atom is 0.137 e. The Balaban J connectivity index is 1.82. The maximum absolute atomic E-state index is 10.1. The van der Waals surface area contributed by atoms with Gasteiger partial charge in [0.05, 0.1) is 11.7 Å². The molecule has 1 saturated heterocycles. The highest BCUT2D eigenvalue weighted by Crippen LogP contribution is 2.19. The Bertz CT molecular complexity index is 501. The molecule has 1 N–H and O–H groups in total. The molecule has 0 amide bonds. The van der Waals surface area contributed by atoms with E-state index < -0.39 is 6.10 Å². The van der Waals surface area contributed by atoms with E-state index in [9.17, 15) is 5.11 Å². The van der Waals surface area contributed by atoms with Crippen molar-refractivity contribution in [1.29, 1.82) is 5.26 Å². The van der Waals surface area contributed by atoms with Crippen LogP contribution in [-0.2, 0) is 4.74 Å². The van der Waals surface area contributed by atoms with Gasteiger partial charge in [-0.3, -0.25) is 4.90 Å². The topological polar surface area (TPSA) is 65.7 Å². The average Bonchev–Trinajstić information content (AvgIpc) is 2.91. The van der Waals surface area contributed by atoms with E-state index in [4.69, 9.17) is 14.7 Å². The third-order valence-corrected chi connectivity index (χ3v) is 3.84. The first-order valence-electron chi connectivity index (χ1n) is 7.23. The van der Waals surface area contributed by atoms with Gasteiger partial charge in [-0.25, -0.2) is 0 Å². The molecule has 0 radical (unpaired) electrons. The molecular formula is C16H22N2O3. The third kappa shape index (κ3) is 4.18. The number of para-hydroxylation sites is 1. The van der Waals surface area contributed by atoms with Gasteiger partial charge in [-0.15, -0.1) is 0 Å². The van der Waals surface area contributed by atoms with Gasteiger partial charge < -0.3 is 14.6 Å². The lowest BCUT2D eigenvalue weighted by atomic mass is 10.1. The van der Waals surface area contributed by atoms with Gasteiger partial charge in [-0.2, -0.15) is 5.26 Å². The highest BCUT2D eigenvalue weighted by molar-refractivity contribution is 5.42. The Morgan fingerprint density at radius 1 is 1.52 bits per heavy atom. The van der Waals surface area contributed by atoms with Crippen molar-refractivity contribution < 1.29 is 14.6 Å². The van der Waals surface area contributed by atoms with Gasteiger partial charge in [0, 0.05) is 19.2 Å². The van der Waals surface area contributed by atoms with Gasteiger partial charge in [0.2, 0.25) is 0 Å². The normalized spacial score (nSPS) is 23.0. The summed E-state index contributed by atoms with van der Waals surface area (Å²) < 4.78 is 11.1. The Morgan fingerprint density at radius 3 is 2.95 bits per heavy atom. The molecule has 2 rings (SSSR count). The molecule has 1 aromatic carbocycles. The molecule has 3 unspecified atom stereocenters. The predicted molar refractivity (Wildman–Crippen MR) is 79.1 cm³/mol. The molecule has 0 spiro atoms. The number of aliphatic hydroxyl groups excluding tert-OH is 1. The number of benzene rings is 1. The molecule has 1 aliphatic heterocycles. The van der Waals surface area contributed by atoms with Crippen molar-refractivity contribution in [2.45, 2.75) is 31.6 Å². The van der Waals surface area contributed by atoms with Gasteiger partial charge >= 0.3 is 0 Å². The Morgan fingerprint density at radius 2 is 2.29 bits per heavy atom. The molecular weight excluding hydrogens is 268 g/mol. The number of nitrogens with zero attached hydrogens (tertiary/aromatic N) is 2. The molecule has 21 heavy (non-hydrogen) atoms. The zero-order valence-electron chi connectivity index (χ0n) is 12.5. The Labute approximate surface area is 125 Å². The summed E-state index contributed by atoms with van der Waals surface area (Å²) in [5.41, 5.74) is 0.482. The van der Waals surface area contributed by atoms with Gasteiger partial charge in [-0.1, -0.05) is 12.1 Å². The number of hydrogen-bond acceptors (Lipinski definition) is 5. The van der Waals surface area contributed by atoms with E-state index in [0.717, 1.165) is 13.0 Å². The van der Waals surface area contributed by atoms with E-state index in [1.165, 1.54) is 0 Å². The van der Waals surface area contributed by atoms with E-state index in [0.29, 0.717) is 23.9 Å². The summed E-state index contributed by atoms with van der Waals surface area (Å²) in [6.07, 6.45) is 0.583. The summed E-state index contributed by atoms with van der Waals surface area (Å²) in [6, 6.07) is 9.45. The van der Waals surface area contributed by atoms with Crippen molar-refractivity contribution in [3.8, 4) is 11.8 Å².